The molecule has 2 aliphatic rings. The van der Waals surface area contributed by atoms with Crippen LogP contribution in [0.15, 0.2) is 4.99 Å². The van der Waals surface area contributed by atoms with Gasteiger partial charge in [0.1, 0.15) is 12.4 Å². The minimum atomic E-state index is 0. The molecule has 2 atom stereocenters. The summed E-state index contributed by atoms with van der Waals surface area (Å²) in [6.07, 6.45) is 10.3. The topological polar surface area (TPSA) is 67.1 Å². The van der Waals surface area contributed by atoms with Crippen LogP contribution >= 0.6 is 35.7 Å². The van der Waals surface area contributed by atoms with Crippen molar-refractivity contribution >= 4 is 41.7 Å². The second-order valence-corrected chi connectivity index (χ2v) is 9.18. The Labute approximate surface area is 185 Å². The minimum Gasteiger partial charge on any atom is -0.354 e. The Morgan fingerprint density at radius 2 is 1.85 bits per heavy atom. The van der Waals surface area contributed by atoms with Crippen LogP contribution < -0.4 is 10.6 Å². The van der Waals surface area contributed by atoms with E-state index in [2.05, 4.69) is 39.5 Å². The summed E-state index contributed by atoms with van der Waals surface area (Å²) in [6, 6.07) is 1.09. The highest BCUT2D eigenvalue weighted by Gasteiger charge is 2.26. The molecule has 1 aromatic rings. The first-order valence-corrected chi connectivity index (χ1v) is 11.2. The SMILES string of the molecule is CCSC1CCC(NC(=NCc2nnc(C)n2C)NC2CCCCC2)C1.I. The summed E-state index contributed by atoms with van der Waals surface area (Å²) in [4.78, 5) is 4.86. The van der Waals surface area contributed by atoms with Crippen LogP contribution in [-0.2, 0) is 13.6 Å². The average Bonchev–Trinajstić information content (AvgIpc) is 3.21. The number of aromatic nitrogens is 3. The van der Waals surface area contributed by atoms with Gasteiger partial charge in [-0.3, -0.25) is 0 Å². The number of hydrogen-bond donors (Lipinski definition) is 2. The summed E-state index contributed by atoms with van der Waals surface area (Å²) in [7, 11) is 2.01. The van der Waals surface area contributed by atoms with Gasteiger partial charge in [0.25, 0.3) is 0 Å². The predicted octanol–water partition coefficient (Wildman–Crippen LogP) is 3.78. The lowest BCUT2D eigenvalue weighted by Crippen LogP contribution is -2.47. The number of rotatable bonds is 6. The quantitative estimate of drug-likeness (QED) is 0.349. The third kappa shape index (κ3) is 6.80. The third-order valence-corrected chi connectivity index (χ3v) is 6.87. The normalized spacial score (nSPS) is 23.9. The zero-order valence-corrected chi connectivity index (χ0v) is 20.1. The number of guanidine groups is 1. The Kier molecular flexibility index (Phi) is 9.69. The molecule has 27 heavy (non-hydrogen) atoms. The van der Waals surface area contributed by atoms with Crippen molar-refractivity contribution < 1.29 is 0 Å². The van der Waals surface area contributed by atoms with Gasteiger partial charge in [0, 0.05) is 24.4 Å². The number of halogens is 1. The summed E-state index contributed by atoms with van der Waals surface area (Å²) in [5.74, 6) is 4.02. The third-order valence-electron chi connectivity index (χ3n) is 5.64. The lowest BCUT2D eigenvalue weighted by atomic mass is 9.96. The van der Waals surface area contributed by atoms with Crippen LogP contribution in [0.25, 0.3) is 0 Å². The van der Waals surface area contributed by atoms with Gasteiger partial charge in [-0.2, -0.15) is 11.8 Å². The molecular weight excluding hydrogens is 471 g/mol. The fourth-order valence-corrected chi connectivity index (χ4v) is 5.11. The summed E-state index contributed by atoms with van der Waals surface area (Å²) in [6.45, 7) is 4.80. The van der Waals surface area contributed by atoms with E-state index in [9.17, 15) is 0 Å². The second-order valence-electron chi connectivity index (χ2n) is 7.60. The molecule has 2 unspecified atom stereocenters. The van der Waals surface area contributed by atoms with Gasteiger partial charge in [-0.15, -0.1) is 34.2 Å². The Bertz CT molecular complexity index is 599. The number of hydrogen-bond acceptors (Lipinski definition) is 4. The molecule has 2 aliphatic carbocycles. The molecule has 0 radical (unpaired) electrons. The van der Waals surface area contributed by atoms with Gasteiger partial charge in [0.05, 0.1) is 0 Å². The van der Waals surface area contributed by atoms with Gasteiger partial charge >= 0.3 is 0 Å². The molecule has 154 valence electrons. The van der Waals surface area contributed by atoms with E-state index in [1.165, 1.54) is 57.1 Å². The van der Waals surface area contributed by atoms with Crippen molar-refractivity contribution in [1.82, 2.24) is 25.4 Å². The Balaban J connectivity index is 0.00000261. The first-order valence-electron chi connectivity index (χ1n) is 10.2. The highest BCUT2D eigenvalue weighted by molar-refractivity contribution is 14.0. The van der Waals surface area contributed by atoms with Crippen LogP contribution in [0.1, 0.15) is 69.9 Å². The molecular formula is C19H35IN6S. The first kappa shape index (κ1) is 22.8. The van der Waals surface area contributed by atoms with Crippen molar-refractivity contribution in [3.8, 4) is 0 Å². The predicted molar refractivity (Wildman–Crippen MR) is 125 cm³/mol. The molecule has 1 heterocycles. The van der Waals surface area contributed by atoms with Crippen LogP contribution in [0.5, 0.6) is 0 Å². The molecule has 0 amide bonds. The highest BCUT2D eigenvalue weighted by Crippen LogP contribution is 2.29. The molecule has 1 aromatic heterocycles. The monoisotopic (exact) mass is 506 g/mol. The summed E-state index contributed by atoms with van der Waals surface area (Å²) in [5.41, 5.74) is 0. The maximum absolute atomic E-state index is 4.86. The largest absolute Gasteiger partial charge is 0.354 e. The lowest BCUT2D eigenvalue weighted by molar-refractivity contribution is 0.407. The molecule has 2 N–H and O–H groups in total. The van der Waals surface area contributed by atoms with Crippen LogP contribution in [0, 0.1) is 6.92 Å². The Hall–Kier alpha value is -0.510. The molecule has 6 nitrogen and oxygen atoms in total. The average molecular weight is 507 g/mol. The van der Waals surface area contributed by atoms with Crippen molar-refractivity contribution in [2.24, 2.45) is 12.0 Å². The van der Waals surface area contributed by atoms with Crippen molar-refractivity contribution in [2.75, 3.05) is 5.75 Å². The summed E-state index contributed by atoms with van der Waals surface area (Å²) in [5, 5.41) is 16.6. The van der Waals surface area contributed by atoms with Crippen molar-refractivity contribution in [1.29, 1.82) is 0 Å². The maximum Gasteiger partial charge on any atom is 0.192 e. The van der Waals surface area contributed by atoms with E-state index in [4.69, 9.17) is 4.99 Å². The number of nitrogens with zero attached hydrogens (tertiary/aromatic N) is 4. The summed E-state index contributed by atoms with van der Waals surface area (Å²) < 4.78 is 2.02. The van der Waals surface area contributed by atoms with Gasteiger partial charge in [0.2, 0.25) is 0 Å². The van der Waals surface area contributed by atoms with Crippen molar-refractivity contribution in [3.63, 3.8) is 0 Å². The van der Waals surface area contributed by atoms with Crippen LogP contribution in [-0.4, -0.2) is 43.8 Å². The zero-order valence-electron chi connectivity index (χ0n) is 16.9. The molecule has 0 bridgehead atoms. The fraction of sp³-hybridized carbons (Fsp3) is 0.842. The number of aryl methyl sites for hydroxylation is 1. The van der Waals surface area contributed by atoms with Crippen molar-refractivity contribution in [3.05, 3.63) is 11.6 Å². The van der Waals surface area contributed by atoms with Gasteiger partial charge in [0.15, 0.2) is 11.8 Å². The molecule has 0 saturated heterocycles. The molecule has 0 spiro atoms. The second kappa shape index (κ2) is 11.5. The van der Waals surface area contributed by atoms with Gasteiger partial charge < -0.3 is 15.2 Å². The van der Waals surface area contributed by atoms with Crippen LogP contribution in [0.3, 0.4) is 0 Å². The van der Waals surface area contributed by atoms with Gasteiger partial charge in [-0.1, -0.05) is 26.2 Å². The summed E-state index contributed by atoms with van der Waals surface area (Å²) >= 11 is 2.10. The van der Waals surface area contributed by atoms with E-state index in [-0.39, 0.29) is 24.0 Å². The minimum absolute atomic E-state index is 0. The molecule has 0 aliphatic heterocycles. The molecule has 2 saturated carbocycles. The van der Waals surface area contributed by atoms with Gasteiger partial charge in [-0.05, 0) is 44.8 Å². The standard InChI is InChI=1S/C19H34N6S.HI/c1-4-26-17-11-10-16(12-17)22-19(21-15-8-6-5-7-9-15)20-13-18-24-23-14(2)25(18)3;/h15-17H,4-13H2,1-3H3,(H2,20,21,22);1H. The fourth-order valence-electron chi connectivity index (χ4n) is 3.96. The molecule has 0 aromatic carbocycles. The molecule has 8 heteroatoms. The number of nitrogens with one attached hydrogen (secondary N) is 2. The van der Waals surface area contributed by atoms with Gasteiger partial charge in [-0.25, -0.2) is 4.99 Å². The van der Waals surface area contributed by atoms with E-state index in [1.54, 1.807) is 0 Å². The van der Waals surface area contributed by atoms with E-state index in [0.29, 0.717) is 18.6 Å². The Morgan fingerprint density at radius 1 is 1.11 bits per heavy atom. The molecule has 2 fully saturated rings. The number of thioether (sulfide) groups is 1. The van der Waals surface area contributed by atoms with Crippen LogP contribution in [0.4, 0.5) is 0 Å². The van der Waals surface area contributed by atoms with E-state index >= 15 is 0 Å². The zero-order chi connectivity index (χ0) is 18.4. The van der Waals surface area contributed by atoms with Crippen molar-refractivity contribution in [2.45, 2.75) is 89.1 Å². The lowest BCUT2D eigenvalue weighted by Gasteiger charge is -2.26. The van der Waals surface area contributed by atoms with Crippen LogP contribution in [0.2, 0.25) is 0 Å². The maximum atomic E-state index is 4.86. The van der Waals surface area contributed by atoms with E-state index in [0.717, 1.165) is 22.9 Å². The highest BCUT2D eigenvalue weighted by atomic mass is 127. The Morgan fingerprint density at radius 3 is 2.52 bits per heavy atom. The molecule has 3 rings (SSSR count). The van der Waals surface area contributed by atoms with E-state index < -0.39 is 0 Å². The van der Waals surface area contributed by atoms with E-state index in [1.807, 2.05) is 18.5 Å². The smallest absolute Gasteiger partial charge is 0.192 e. The number of aliphatic imine (C=N–C) groups is 1. The first-order chi connectivity index (χ1) is 12.7.